The van der Waals surface area contributed by atoms with E-state index in [0.717, 1.165) is 0 Å². The molecular weight excluding hydrogens is 191 g/mol. The minimum Gasteiger partial charge on any atom is -0.284 e. The summed E-state index contributed by atoms with van der Waals surface area (Å²) in [6.45, 7) is 1.40. The van der Waals surface area contributed by atoms with E-state index in [1.54, 1.807) is 0 Å². The third-order valence-electron chi connectivity index (χ3n) is 1.10. The summed E-state index contributed by atoms with van der Waals surface area (Å²) in [5.41, 5.74) is -1.14. The molecule has 1 heterocycles. The van der Waals surface area contributed by atoms with Gasteiger partial charge in [0.05, 0.1) is 5.01 Å². The van der Waals surface area contributed by atoms with Gasteiger partial charge in [0.2, 0.25) is 6.29 Å². The van der Waals surface area contributed by atoms with Crippen LogP contribution < -0.4 is 0 Å². The Labute approximate surface area is 70.0 Å². The first-order chi connectivity index (χ1) is 5.45. The quantitative estimate of drug-likeness (QED) is 0.683. The average Bonchev–Trinajstić information content (AvgIpc) is 2.29. The molecule has 1 radical (unpaired) electrons. The predicted molar refractivity (Wildman–Crippen MR) is 36.6 cm³/mol. The van der Waals surface area contributed by atoms with Crippen LogP contribution in [0.15, 0.2) is 0 Å². The van der Waals surface area contributed by atoms with E-state index < -0.39 is 16.7 Å². The summed E-state index contributed by atoms with van der Waals surface area (Å²) in [6, 6.07) is 0. The number of alkyl halides is 3. The molecule has 0 aliphatic heterocycles. The van der Waals surface area contributed by atoms with Gasteiger partial charge in [0.1, 0.15) is 4.88 Å². The number of carbonyl (C=O) groups excluding carboxylic acids is 1. The second kappa shape index (κ2) is 2.85. The van der Waals surface area contributed by atoms with Crippen molar-refractivity contribution in [2.24, 2.45) is 0 Å². The Hall–Kier alpha value is -0.910. The van der Waals surface area contributed by atoms with E-state index in [2.05, 4.69) is 4.98 Å². The van der Waals surface area contributed by atoms with E-state index in [0.29, 0.717) is 11.3 Å². The van der Waals surface area contributed by atoms with Gasteiger partial charge in [-0.05, 0) is 6.92 Å². The summed E-state index contributed by atoms with van der Waals surface area (Å²) in [5, 5.41) is 0.209. The Morgan fingerprint density at radius 2 is 2.08 bits per heavy atom. The van der Waals surface area contributed by atoms with Gasteiger partial charge in [0.15, 0.2) is 5.69 Å². The SMILES string of the molecule is Cc1nc(C(F)(F)F)c([C]=O)s1. The van der Waals surface area contributed by atoms with Crippen molar-refractivity contribution in [3.8, 4) is 0 Å². The summed E-state index contributed by atoms with van der Waals surface area (Å²) >= 11 is 0.687. The van der Waals surface area contributed by atoms with Crippen LogP contribution in [0.2, 0.25) is 0 Å². The number of halogens is 3. The number of rotatable bonds is 1. The second-order valence-electron chi connectivity index (χ2n) is 2.01. The number of aryl methyl sites for hydroxylation is 1. The topological polar surface area (TPSA) is 30.0 Å². The number of nitrogens with zero attached hydrogens (tertiary/aromatic N) is 1. The van der Waals surface area contributed by atoms with Crippen molar-refractivity contribution in [3.05, 3.63) is 15.6 Å². The molecule has 65 valence electrons. The van der Waals surface area contributed by atoms with Gasteiger partial charge >= 0.3 is 6.18 Å². The van der Waals surface area contributed by atoms with Crippen LogP contribution >= 0.6 is 11.3 Å². The van der Waals surface area contributed by atoms with E-state index in [1.165, 1.54) is 13.2 Å². The predicted octanol–water partition coefficient (Wildman–Crippen LogP) is 1.93. The third-order valence-corrected chi connectivity index (χ3v) is 1.96. The highest BCUT2D eigenvalue weighted by atomic mass is 32.1. The molecule has 0 aliphatic rings. The molecule has 0 spiro atoms. The molecule has 1 aromatic rings. The maximum absolute atomic E-state index is 12.0. The van der Waals surface area contributed by atoms with Gasteiger partial charge in [-0.1, -0.05) is 0 Å². The lowest BCUT2D eigenvalue weighted by molar-refractivity contribution is -0.140. The molecule has 2 nitrogen and oxygen atoms in total. The second-order valence-corrected chi connectivity index (χ2v) is 3.21. The van der Waals surface area contributed by atoms with Gasteiger partial charge in [0.25, 0.3) is 0 Å². The molecule has 12 heavy (non-hydrogen) atoms. The summed E-state index contributed by atoms with van der Waals surface area (Å²) in [6.07, 6.45) is -3.35. The summed E-state index contributed by atoms with van der Waals surface area (Å²) in [5.74, 6) is 0. The van der Waals surface area contributed by atoms with Gasteiger partial charge in [0, 0.05) is 0 Å². The fourth-order valence-corrected chi connectivity index (χ4v) is 1.42. The highest BCUT2D eigenvalue weighted by Gasteiger charge is 2.37. The first kappa shape index (κ1) is 9.18. The van der Waals surface area contributed by atoms with Gasteiger partial charge in [-0.2, -0.15) is 13.2 Å². The van der Waals surface area contributed by atoms with Crippen LogP contribution in [0.1, 0.15) is 15.6 Å². The molecule has 1 rings (SSSR count). The Balaban J connectivity index is 3.22. The molecule has 0 aliphatic carbocycles. The first-order valence-corrected chi connectivity index (χ1v) is 3.69. The van der Waals surface area contributed by atoms with Crippen molar-refractivity contribution in [1.82, 2.24) is 4.98 Å². The highest BCUT2D eigenvalue weighted by Crippen LogP contribution is 2.32. The van der Waals surface area contributed by atoms with Crippen LogP contribution in [-0.2, 0) is 11.0 Å². The fraction of sp³-hybridized carbons (Fsp3) is 0.333. The molecule has 0 aromatic carbocycles. The lowest BCUT2D eigenvalue weighted by Gasteiger charge is -2.00. The van der Waals surface area contributed by atoms with E-state index in [4.69, 9.17) is 0 Å². The monoisotopic (exact) mass is 194 g/mol. The average molecular weight is 194 g/mol. The molecule has 6 heteroatoms. The third kappa shape index (κ3) is 1.63. The maximum atomic E-state index is 12.0. The molecule has 1 aromatic heterocycles. The van der Waals surface area contributed by atoms with Crippen LogP contribution in [0, 0.1) is 6.92 Å². The largest absolute Gasteiger partial charge is 0.434 e. The Morgan fingerprint density at radius 3 is 2.42 bits per heavy atom. The van der Waals surface area contributed by atoms with Crippen molar-refractivity contribution in [2.45, 2.75) is 13.1 Å². The van der Waals surface area contributed by atoms with E-state index in [9.17, 15) is 18.0 Å². The summed E-state index contributed by atoms with van der Waals surface area (Å²) < 4.78 is 36.0. The number of hydrogen-bond acceptors (Lipinski definition) is 3. The van der Waals surface area contributed by atoms with E-state index in [1.807, 2.05) is 0 Å². The van der Waals surface area contributed by atoms with E-state index in [-0.39, 0.29) is 5.01 Å². The standard InChI is InChI=1S/C6H3F3NOS/c1-3-10-5(6(7,8)9)4(2-11)12-3/h1H3. The number of hydrogen-bond donors (Lipinski definition) is 0. The minimum absolute atomic E-state index is 0.209. The van der Waals surface area contributed by atoms with Crippen molar-refractivity contribution < 1.29 is 18.0 Å². The molecular formula is C6H3F3NOS. The van der Waals surface area contributed by atoms with Crippen LogP contribution in [0.4, 0.5) is 13.2 Å². The van der Waals surface area contributed by atoms with E-state index >= 15 is 0 Å². The van der Waals surface area contributed by atoms with Crippen molar-refractivity contribution >= 4 is 17.6 Å². The van der Waals surface area contributed by atoms with Gasteiger partial charge < -0.3 is 0 Å². The molecule has 0 saturated heterocycles. The van der Waals surface area contributed by atoms with Gasteiger partial charge in [-0.15, -0.1) is 11.3 Å². The summed E-state index contributed by atoms with van der Waals surface area (Å²) in [4.78, 5) is 12.7. The molecule has 0 fully saturated rings. The lowest BCUT2D eigenvalue weighted by atomic mass is 10.4. The lowest BCUT2D eigenvalue weighted by Crippen LogP contribution is -2.08. The number of aromatic nitrogens is 1. The van der Waals surface area contributed by atoms with Crippen LogP contribution in [0.3, 0.4) is 0 Å². The zero-order valence-electron chi connectivity index (χ0n) is 5.90. The minimum atomic E-state index is -4.56. The van der Waals surface area contributed by atoms with Crippen LogP contribution in [-0.4, -0.2) is 11.3 Å². The zero-order chi connectivity index (χ0) is 9.35. The Bertz CT molecular complexity index is 304. The zero-order valence-corrected chi connectivity index (χ0v) is 6.71. The maximum Gasteiger partial charge on any atom is 0.434 e. The highest BCUT2D eigenvalue weighted by molar-refractivity contribution is 7.13. The molecule has 0 N–H and O–H groups in total. The van der Waals surface area contributed by atoms with Crippen LogP contribution in [0.5, 0.6) is 0 Å². The molecule has 0 saturated carbocycles. The molecule has 0 atom stereocenters. The summed E-state index contributed by atoms with van der Waals surface area (Å²) in [7, 11) is 0. The van der Waals surface area contributed by atoms with Gasteiger partial charge in [-0.25, -0.2) is 4.98 Å². The fourth-order valence-electron chi connectivity index (χ4n) is 0.688. The normalized spacial score (nSPS) is 11.7. The first-order valence-electron chi connectivity index (χ1n) is 2.88. The van der Waals surface area contributed by atoms with Crippen molar-refractivity contribution in [3.63, 3.8) is 0 Å². The van der Waals surface area contributed by atoms with Crippen molar-refractivity contribution in [1.29, 1.82) is 0 Å². The number of thiazole rings is 1. The molecule has 0 bridgehead atoms. The molecule has 0 unspecified atom stereocenters. The molecule has 0 amide bonds. The van der Waals surface area contributed by atoms with Gasteiger partial charge in [-0.3, -0.25) is 4.79 Å². The smallest absolute Gasteiger partial charge is 0.284 e. The Kier molecular flexibility index (Phi) is 2.18. The van der Waals surface area contributed by atoms with Crippen LogP contribution in [0.25, 0.3) is 0 Å². The Morgan fingerprint density at radius 1 is 1.50 bits per heavy atom. The van der Waals surface area contributed by atoms with Crippen molar-refractivity contribution in [2.75, 3.05) is 0 Å².